The van der Waals surface area contributed by atoms with E-state index in [0.29, 0.717) is 5.88 Å². The third-order valence-corrected chi connectivity index (χ3v) is 1.73. The number of hydrogen-bond donors (Lipinski definition) is 1. The number of nitrogens with one attached hydrogen (secondary N) is 1. The molecule has 3 nitrogen and oxygen atoms in total. The molecule has 0 radical (unpaired) electrons. The predicted molar refractivity (Wildman–Crippen MR) is 57.4 cm³/mol. The molecule has 1 rings (SSSR count). The minimum atomic E-state index is 0.183. The highest BCUT2D eigenvalue weighted by Gasteiger charge is 1.98. The number of aromatic nitrogens is 1. The molecule has 0 saturated carbocycles. The summed E-state index contributed by atoms with van der Waals surface area (Å²) in [5.41, 5.74) is 1.18. The maximum atomic E-state index is 5.44. The van der Waals surface area contributed by atoms with Crippen molar-refractivity contribution in [1.82, 2.24) is 10.3 Å². The van der Waals surface area contributed by atoms with E-state index in [4.69, 9.17) is 4.74 Å². The monoisotopic (exact) mass is 194 g/mol. The van der Waals surface area contributed by atoms with Gasteiger partial charge >= 0.3 is 0 Å². The van der Waals surface area contributed by atoms with E-state index in [1.54, 1.807) is 0 Å². The molecule has 0 spiro atoms. The van der Waals surface area contributed by atoms with Gasteiger partial charge in [0.25, 0.3) is 0 Å². The topological polar surface area (TPSA) is 34.1 Å². The van der Waals surface area contributed by atoms with E-state index in [9.17, 15) is 0 Å². The van der Waals surface area contributed by atoms with Crippen LogP contribution in [0, 0.1) is 0 Å². The third kappa shape index (κ3) is 3.75. The second kappa shape index (κ2) is 5.60. The van der Waals surface area contributed by atoms with E-state index >= 15 is 0 Å². The largest absolute Gasteiger partial charge is 0.475 e. The molecular weight excluding hydrogens is 176 g/mol. The van der Waals surface area contributed by atoms with Gasteiger partial charge in [-0.15, -0.1) is 0 Å². The molecule has 14 heavy (non-hydrogen) atoms. The van der Waals surface area contributed by atoms with E-state index in [2.05, 4.69) is 17.2 Å². The lowest BCUT2D eigenvalue weighted by molar-refractivity contribution is 0.232. The summed E-state index contributed by atoms with van der Waals surface area (Å²) < 4.78 is 5.44. The van der Waals surface area contributed by atoms with Crippen LogP contribution in [0.4, 0.5) is 0 Å². The van der Waals surface area contributed by atoms with Gasteiger partial charge in [0.15, 0.2) is 0 Å². The Kier molecular flexibility index (Phi) is 4.40. The summed E-state index contributed by atoms with van der Waals surface area (Å²) in [6.07, 6.45) is 2.03. The van der Waals surface area contributed by atoms with E-state index in [-0.39, 0.29) is 6.10 Å². The average Bonchev–Trinajstić information content (AvgIpc) is 2.16. The zero-order chi connectivity index (χ0) is 10.4. The molecule has 1 N–H and O–H groups in total. The van der Waals surface area contributed by atoms with E-state index in [1.165, 1.54) is 5.56 Å². The Balaban J connectivity index is 2.50. The van der Waals surface area contributed by atoms with Crippen LogP contribution >= 0.6 is 0 Å². The van der Waals surface area contributed by atoms with Crippen molar-refractivity contribution in [3.05, 3.63) is 23.9 Å². The molecule has 1 heterocycles. The molecule has 0 aromatic carbocycles. The van der Waals surface area contributed by atoms with Gasteiger partial charge in [-0.05, 0) is 26.0 Å². The molecule has 0 bridgehead atoms. The minimum absolute atomic E-state index is 0.183. The lowest BCUT2D eigenvalue weighted by Gasteiger charge is -2.08. The maximum Gasteiger partial charge on any atom is 0.213 e. The van der Waals surface area contributed by atoms with Crippen LogP contribution in [-0.2, 0) is 6.54 Å². The molecule has 78 valence electrons. The molecule has 0 aliphatic heterocycles. The van der Waals surface area contributed by atoms with Gasteiger partial charge in [0.1, 0.15) is 0 Å². The van der Waals surface area contributed by atoms with Crippen molar-refractivity contribution in [2.75, 3.05) is 6.54 Å². The summed E-state index contributed by atoms with van der Waals surface area (Å²) in [7, 11) is 0. The highest BCUT2D eigenvalue weighted by molar-refractivity contribution is 5.17. The van der Waals surface area contributed by atoms with Gasteiger partial charge in [0.05, 0.1) is 6.10 Å². The highest BCUT2D eigenvalue weighted by Crippen LogP contribution is 2.09. The Hall–Kier alpha value is -1.09. The fourth-order valence-corrected chi connectivity index (χ4v) is 1.10. The van der Waals surface area contributed by atoms with Crippen LogP contribution in [0.3, 0.4) is 0 Å². The molecule has 0 atom stereocenters. The Morgan fingerprint density at radius 2 is 2.21 bits per heavy atom. The molecule has 0 aliphatic carbocycles. The van der Waals surface area contributed by atoms with Crippen molar-refractivity contribution in [2.45, 2.75) is 33.4 Å². The third-order valence-electron chi connectivity index (χ3n) is 1.73. The summed E-state index contributed by atoms with van der Waals surface area (Å²) in [4.78, 5) is 4.21. The summed E-state index contributed by atoms with van der Waals surface area (Å²) in [5, 5.41) is 3.24. The molecule has 0 amide bonds. The molecule has 0 saturated heterocycles. The average molecular weight is 194 g/mol. The zero-order valence-corrected chi connectivity index (χ0v) is 9.08. The van der Waals surface area contributed by atoms with Crippen LogP contribution in [0.15, 0.2) is 18.3 Å². The molecule has 0 aliphatic rings. The van der Waals surface area contributed by atoms with E-state index in [1.807, 2.05) is 32.2 Å². The molecule has 1 aromatic rings. The maximum absolute atomic E-state index is 5.44. The number of rotatable bonds is 5. The SMILES string of the molecule is CCNCc1ccc(OC(C)C)nc1. The summed E-state index contributed by atoms with van der Waals surface area (Å²) in [6.45, 7) is 7.92. The first-order valence-electron chi connectivity index (χ1n) is 5.04. The summed E-state index contributed by atoms with van der Waals surface area (Å²) in [6, 6.07) is 3.94. The fraction of sp³-hybridized carbons (Fsp3) is 0.545. The van der Waals surface area contributed by atoms with Gasteiger partial charge in [-0.2, -0.15) is 0 Å². The Labute approximate surface area is 85.5 Å². The Morgan fingerprint density at radius 1 is 1.43 bits per heavy atom. The van der Waals surface area contributed by atoms with Crippen LogP contribution in [0.2, 0.25) is 0 Å². The van der Waals surface area contributed by atoms with E-state index in [0.717, 1.165) is 13.1 Å². The first-order chi connectivity index (χ1) is 6.72. The van der Waals surface area contributed by atoms with Crippen molar-refractivity contribution in [3.8, 4) is 5.88 Å². The second-order valence-corrected chi connectivity index (χ2v) is 3.45. The number of hydrogen-bond acceptors (Lipinski definition) is 3. The van der Waals surface area contributed by atoms with Gasteiger partial charge in [0.2, 0.25) is 5.88 Å². The van der Waals surface area contributed by atoms with Crippen LogP contribution in [0.25, 0.3) is 0 Å². The lowest BCUT2D eigenvalue weighted by atomic mass is 10.3. The predicted octanol–water partition coefficient (Wildman–Crippen LogP) is 1.98. The highest BCUT2D eigenvalue weighted by atomic mass is 16.5. The van der Waals surface area contributed by atoms with E-state index < -0.39 is 0 Å². The molecule has 0 unspecified atom stereocenters. The Bertz CT molecular complexity index is 256. The first-order valence-corrected chi connectivity index (χ1v) is 5.04. The standard InChI is InChI=1S/C11H18N2O/c1-4-12-7-10-5-6-11(13-8-10)14-9(2)3/h5-6,8-9,12H,4,7H2,1-3H3. The molecule has 0 fully saturated rings. The Morgan fingerprint density at radius 3 is 2.71 bits per heavy atom. The lowest BCUT2D eigenvalue weighted by Crippen LogP contribution is -2.12. The first kappa shape index (κ1) is 11.0. The smallest absolute Gasteiger partial charge is 0.213 e. The minimum Gasteiger partial charge on any atom is -0.475 e. The summed E-state index contributed by atoms with van der Waals surface area (Å²) >= 11 is 0. The molecular formula is C11H18N2O. The van der Waals surface area contributed by atoms with Crippen molar-refractivity contribution < 1.29 is 4.74 Å². The molecule has 3 heteroatoms. The van der Waals surface area contributed by atoms with Crippen molar-refractivity contribution in [2.24, 2.45) is 0 Å². The van der Waals surface area contributed by atoms with Crippen molar-refractivity contribution in [3.63, 3.8) is 0 Å². The van der Waals surface area contributed by atoms with Crippen LogP contribution in [0.1, 0.15) is 26.3 Å². The van der Waals surface area contributed by atoms with Crippen molar-refractivity contribution in [1.29, 1.82) is 0 Å². The van der Waals surface area contributed by atoms with Gasteiger partial charge in [0, 0.05) is 18.8 Å². The van der Waals surface area contributed by atoms with Crippen LogP contribution in [0.5, 0.6) is 5.88 Å². The number of pyridine rings is 1. The summed E-state index contributed by atoms with van der Waals surface area (Å²) in [5.74, 6) is 0.695. The normalized spacial score (nSPS) is 10.6. The fourth-order valence-electron chi connectivity index (χ4n) is 1.10. The number of nitrogens with zero attached hydrogens (tertiary/aromatic N) is 1. The van der Waals surface area contributed by atoms with Gasteiger partial charge < -0.3 is 10.1 Å². The van der Waals surface area contributed by atoms with Gasteiger partial charge in [-0.25, -0.2) is 4.98 Å². The van der Waals surface area contributed by atoms with Crippen molar-refractivity contribution >= 4 is 0 Å². The number of ether oxygens (including phenoxy) is 1. The second-order valence-electron chi connectivity index (χ2n) is 3.45. The van der Waals surface area contributed by atoms with Gasteiger partial charge in [-0.3, -0.25) is 0 Å². The molecule has 1 aromatic heterocycles. The van der Waals surface area contributed by atoms with Gasteiger partial charge in [-0.1, -0.05) is 13.0 Å². The zero-order valence-electron chi connectivity index (χ0n) is 9.08. The van der Waals surface area contributed by atoms with Crippen LogP contribution < -0.4 is 10.1 Å². The van der Waals surface area contributed by atoms with Crippen LogP contribution in [-0.4, -0.2) is 17.6 Å². The quantitative estimate of drug-likeness (QED) is 0.778.